The van der Waals surface area contributed by atoms with Crippen molar-refractivity contribution in [3.8, 4) is 0 Å². The van der Waals surface area contributed by atoms with Crippen molar-refractivity contribution in [2.24, 2.45) is 40.4 Å². The van der Waals surface area contributed by atoms with Gasteiger partial charge < -0.3 is 4.74 Å². The average molecular weight is 475 g/mol. The number of sulfone groups is 1. The summed E-state index contributed by atoms with van der Waals surface area (Å²) in [6, 6.07) is 0. The predicted molar refractivity (Wildman–Crippen MR) is 113 cm³/mol. The monoisotopic (exact) mass is 474 g/mol. The predicted octanol–water partition coefficient (Wildman–Crippen LogP) is 5.43. The number of carbonyl (C=O) groups excluding carboxylic acids is 1. The van der Waals surface area contributed by atoms with Gasteiger partial charge >= 0.3 is 12.1 Å². The third-order valence-electron chi connectivity index (χ3n) is 10.1. The zero-order valence-electron chi connectivity index (χ0n) is 18.8. The second kappa shape index (κ2) is 6.76. The molecule has 0 amide bonds. The van der Waals surface area contributed by atoms with Gasteiger partial charge in [0.25, 0.3) is 0 Å². The van der Waals surface area contributed by atoms with Crippen LogP contribution in [-0.2, 0) is 19.4 Å². The summed E-state index contributed by atoms with van der Waals surface area (Å²) >= 11 is 0. The quantitative estimate of drug-likeness (QED) is 0.499. The fourth-order valence-corrected chi connectivity index (χ4v) is 10.2. The van der Waals surface area contributed by atoms with E-state index >= 15 is 0 Å². The number of alkyl halides is 3. The maximum absolute atomic E-state index is 14.4. The van der Waals surface area contributed by atoms with Crippen LogP contribution in [0.15, 0.2) is 12.0 Å². The molecule has 8 heteroatoms. The van der Waals surface area contributed by atoms with E-state index in [4.69, 9.17) is 4.74 Å². The number of fused-ring (bicyclic) bond motifs is 2. The third kappa shape index (κ3) is 2.99. The lowest BCUT2D eigenvalue weighted by Gasteiger charge is -2.61. The van der Waals surface area contributed by atoms with E-state index in [-0.39, 0.29) is 18.3 Å². The molecular formula is C24H33F3O4S. The van der Waals surface area contributed by atoms with Crippen molar-refractivity contribution in [1.82, 2.24) is 0 Å². The molecule has 0 radical (unpaired) electrons. The van der Waals surface area contributed by atoms with E-state index in [9.17, 15) is 26.4 Å². The van der Waals surface area contributed by atoms with Crippen molar-refractivity contribution in [3.05, 3.63) is 12.0 Å². The van der Waals surface area contributed by atoms with Gasteiger partial charge in [-0.15, -0.1) is 0 Å². The van der Waals surface area contributed by atoms with Crippen molar-refractivity contribution < 1.29 is 31.1 Å². The smallest absolute Gasteiger partial charge is 0.428 e. The van der Waals surface area contributed by atoms with Gasteiger partial charge in [0.1, 0.15) is 0 Å². The number of rotatable bonds is 5. The van der Waals surface area contributed by atoms with Gasteiger partial charge in [-0.25, -0.2) is 8.42 Å². The highest BCUT2D eigenvalue weighted by Crippen LogP contribution is 2.67. The van der Waals surface area contributed by atoms with Crippen LogP contribution in [0.3, 0.4) is 0 Å². The van der Waals surface area contributed by atoms with E-state index in [1.54, 1.807) is 13.8 Å². The lowest BCUT2D eigenvalue weighted by Crippen LogP contribution is -2.60. The Morgan fingerprint density at radius 3 is 1.91 bits per heavy atom. The molecule has 6 rings (SSSR count). The Morgan fingerprint density at radius 2 is 1.50 bits per heavy atom. The molecule has 32 heavy (non-hydrogen) atoms. The SMILES string of the molecule is C=CS(=O)(=O)C1CC2CC1CC2(OC(=O)C(C)(C)C12CC3CC(CC(C3)C1)C2)C(F)(F)F. The van der Waals surface area contributed by atoms with Crippen LogP contribution >= 0.6 is 0 Å². The van der Waals surface area contributed by atoms with Crippen LogP contribution in [0.2, 0.25) is 0 Å². The van der Waals surface area contributed by atoms with E-state index in [1.165, 1.54) is 19.3 Å². The van der Waals surface area contributed by atoms with Crippen molar-refractivity contribution >= 4 is 15.8 Å². The molecule has 4 atom stereocenters. The zero-order valence-corrected chi connectivity index (χ0v) is 19.6. The van der Waals surface area contributed by atoms with Gasteiger partial charge in [0.05, 0.1) is 10.7 Å². The fraction of sp³-hybridized carbons (Fsp3) is 0.875. The maximum Gasteiger partial charge on any atom is 0.428 e. The average Bonchev–Trinajstić information content (AvgIpc) is 3.25. The largest absolute Gasteiger partial charge is 0.449 e. The summed E-state index contributed by atoms with van der Waals surface area (Å²) in [5, 5.41) is -0.0224. The minimum absolute atomic E-state index is 0.113. The summed E-state index contributed by atoms with van der Waals surface area (Å²) in [5.74, 6) is -0.748. The first-order valence-electron chi connectivity index (χ1n) is 11.9. The topological polar surface area (TPSA) is 60.4 Å². The first-order chi connectivity index (χ1) is 14.7. The van der Waals surface area contributed by atoms with Crippen molar-refractivity contribution in [3.63, 3.8) is 0 Å². The van der Waals surface area contributed by atoms with Crippen LogP contribution in [0.1, 0.15) is 71.6 Å². The van der Waals surface area contributed by atoms with Gasteiger partial charge in [0.2, 0.25) is 5.60 Å². The van der Waals surface area contributed by atoms with Crippen LogP contribution in [-0.4, -0.2) is 31.4 Å². The molecule has 4 nitrogen and oxygen atoms in total. The number of ether oxygens (including phenoxy) is 1. The maximum atomic E-state index is 14.4. The minimum Gasteiger partial charge on any atom is -0.449 e. The van der Waals surface area contributed by atoms with Crippen LogP contribution in [0.4, 0.5) is 13.2 Å². The van der Waals surface area contributed by atoms with Crippen LogP contribution in [0, 0.1) is 40.4 Å². The van der Waals surface area contributed by atoms with Crippen LogP contribution < -0.4 is 0 Å². The zero-order chi connectivity index (χ0) is 23.3. The Hall–Kier alpha value is -1.05. The molecular weight excluding hydrogens is 441 g/mol. The Balaban J connectivity index is 1.42. The van der Waals surface area contributed by atoms with Gasteiger partial charge in [-0.05, 0) is 94.3 Å². The highest BCUT2D eigenvalue weighted by molar-refractivity contribution is 7.94. The highest BCUT2D eigenvalue weighted by atomic mass is 32.2. The summed E-state index contributed by atoms with van der Waals surface area (Å²) in [5.41, 5.74) is -3.88. The Kier molecular flexibility index (Phi) is 4.80. The van der Waals surface area contributed by atoms with E-state index < -0.39 is 56.5 Å². The molecule has 0 aromatic carbocycles. The van der Waals surface area contributed by atoms with Crippen molar-refractivity contribution in [2.45, 2.75) is 88.7 Å². The molecule has 6 bridgehead atoms. The summed E-state index contributed by atoms with van der Waals surface area (Å²) < 4.78 is 73.5. The number of carbonyl (C=O) groups is 1. The second-order valence-corrected chi connectivity index (χ2v) is 14.1. The second-order valence-electron chi connectivity index (χ2n) is 12.0. The van der Waals surface area contributed by atoms with Gasteiger partial charge in [0, 0.05) is 17.7 Å². The molecule has 6 saturated carbocycles. The molecule has 0 aromatic heterocycles. The number of hydrogen-bond acceptors (Lipinski definition) is 4. The number of halogens is 3. The van der Waals surface area contributed by atoms with Crippen molar-refractivity contribution in [1.29, 1.82) is 0 Å². The molecule has 0 saturated heterocycles. The number of hydrogen-bond donors (Lipinski definition) is 0. The van der Waals surface area contributed by atoms with Crippen LogP contribution in [0.5, 0.6) is 0 Å². The summed E-state index contributed by atoms with van der Waals surface area (Å²) in [7, 11) is -3.66. The summed E-state index contributed by atoms with van der Waals surface area (Å²) in [4.78, 5) is 13.5. The van der Waals surface area contributed by atoms with Gasteiger partial charge in [-0.3, -0.25) is 4.79 Å². The van der Waals surface area contributed by atoms with Gasteiger partial charge in [-0.1, -0.05) is 6.58 Å². The van der Waals surface area contributed by atoms with E-state index in [1.807, 2.05) is 0 Å². The molecule has 6 fully saturated rings. The molecule has 180 valence electrons. The van der Waals surface area contributed by atoms with E-state index in [0.29, 0.717) is 17.8 Å². The molecule has 0 spiro atoms. The molecule has 0 heterocycles. The van der Waals surface area contributed by atoms with Crippen LogP contribution in [0.25, 0.3) is 0 Å². The fourth-order valence-electron chi connectivity index (χ4n) is 8.68. The molecule has 0 aromatic rings. The molecule has 4 unspecified atom stereocenters. The highest BCUT2D eigenvalue weighted by Gasteiger charge is 2.72. The molecule has 6 aliphatic rings. The summed E-state index contributed by atoms with van der Waals surface area (Å²) in [6.07, 6.45) is 0.999. The Bertz CT molecular complexity index is 902. The standard InChI is InChI=1S/C24H33F3O4S/c1-4-32(29,30)19-9-18-8-17(19)13-23(18,24(25,26)27)31-20(28)21(2,3)22-10-14-5-15(11-22)7-16(6-14)12-22/h4,14-19H,1,5-13H2,2-3H3. The normalized spacial score (nSPS) is 45.3. The van der Waals surface area contributed by atoms with Gasteiger partial charge in [0.15, 0.2) is 9.84 Å². The first-order valence-corrected chi connectivity index (χ1v) is 13.5. The lowest BCUT2D eigenvalue weighted by molar-refractivity contribution is -0.292. The first kappa shape index (κ1) is 22.7. The Labute approximate surface area is 188 Å². The van der Waals surface area contributed by atoms with Crippen molar-refractivity contribution in [2.75, 3.05) is 0 Å². The van der Waals surface area contributed by atoms with E-state index in [2.05, 4.69) is 6.58 Å². The van der Waals surface area contributed by atoms with Gasteiger partial charge in [-0.2, -0.15) is 13.2 Å². The lowest BCUT2D eigenvalue weighted by atomic mass is 9.43. The molecule has 0 N–H and O–H groups in total. The summed E-state index contributed by atoms with van der Waals surface area (Å²) in [6.45, 7) is 6.89. The van der Waals surface area contributed by atoms with E-state index in [0.717, 1.165) is 24.7 Å². The third-order valence-corrected chi connectivity index (χ3v) is 12.0. The minimum atomic E-state index is -4.73. The molecule has 0 aliphatic heterocycles. The molecule has 6 aliphatic carbocycles. The number of esters is 1. The Morgan fingerprint density at radius 1 is 0.969 bits per heavy atom.